The minimum absolute atomic E-state index is 0.214. The second kappa shape index (κ2) is 7.84. The summed E-state index contributed by atoms with van der Waals surface area (Å²) < 4.78 is 14.3. The first-order valence-corrected chi connectivity index (χ1v) is 8.61. The van der Waals surface area contributed by atoms with Gasteiger partial charge in [0.25, 0.3) is 5.56 Å². The molecule has 134 valence electrons. The van der Waals surface area contributed by atoms with E-state index in [0.717, 1.165) is 38.4 Å². The highest BCUT2D eigenvalue weighted by Gasteiger charge is 2.17. The van der Waals surface area contributed by atoms with Gasteiger partial charge in [0.1, 0.15) is 11.5 Å². The number of halogens is 2. The van der Waals surface area contributed by atoms with Gasteiger partial charge in [-0.2, -0.15) is 5.10 Å². The van der Waals surface area contributed by atoms with Crippen molar-refractivity contribution >= 4 is 23.0 Å². The Morgan fingerprint density at radius 3 is 2.56 bits per heavy atom. The maximum Gasteiger partial charge on any atom is 0.291 e. The van der Waals surface area contributed by atoms with Gasteiger partial charge < -0.3 is 10.2 Å². The molecule has 2 heterocycles. The summed E-state index contributed by atoms with van der Waals surface area (Å²) in [4.78, 5) is 16.6. The maximum atomic E-state index is 13.0. The Bertz CT molecular complexity index is 772. The van der Waals surface area contributed by atoms with Gasteiger partial charge in [-0.1, -0.05) is 11.6 Å². The number of piperazine rings is 1. The third-order valence-electron chi connectivity index (χ3n) is 4.38. The fourth-order valence-electron chi connectivity index (χ4n) is 2.90. The summed E-state index contributed by atoms with van der Waals surface area (Å²) in [5.74, 6) is -0.214. The molecular formula is C17H21ClFN5O. The van der Waals surface area contributed by atoms with Crippen molar-refractivity contribution in [3.63, 3.8) is 0 Å². The molecule has 1 N–H and O–H groups in total. The van der Waals surface area contributed by atoms with E-state index in [0.29, 0.717) is 17.3 Å². The number of benzene rings is 1. The van der Waals surface area contributed by atoms with Crippen LogP contribution in [0.15, 0.2) is 35.3 Å². The molecule has 1 aliphatic heterocycles. The summed E-state index contributed by atoms with van der Waals surface area (Å²) in [6.07, 6.45) is 1.47. The number of nitrogens with one attached hydrogen (secondary N) is 1. The molecule has 3 rings (SSSR count). The van der Waals surface area contributed by atoms with Gasteiger partial charge in [-0.3, -0.25) is 9.69 Å². The van der Waals surface area contributed by atoms with Crippen LogP contribution in [0.4, 0.5) is 15.8 Å². The first-order valence-electron chi connectivity index (χ1n) is 8.23. The molecular weight excluding hydrogens is 345 g/mol. The molecule has 1 aliphatic rings. The molecule has 0 amide bonds. The van der Waals surface area contributed by atoms with E-state index in [1.54, 1.807) is 7.05 Å². The molecule has 1 aromatic carbocycles. The van der Waals surface area contributed by atoms with E-state index < -0.39 is 0 Å². The van der Waals surface area contributed by atoms with Gasteiger partial charge in [-0.25, -0.2) is 9.07 Å². The number of aromatic nitrogens is 2. The summed E-state index contributed by atoms with van der Waals surface area (Å²) >= 11 is 6.04. The molecule has 1 saturated heterocycles. The normalized spacial score (nSPS) is 15.4. The molecule has 0 bridgehead atoms. The van der Waals surface area contributed by atoms with Crippen molar-refractivity contribution in [3.05, 3.63) is 51.7 Å². The van der Waals surface area contributed by atoms with Gasteiger partial charge >= 0.3 is 0 Å². The van der Waals surface area contributed by atoms with E-state index in [4.69, 9.17) is 11.6 Å². The Morgan fingerprint density at radius 2 is 1.88 bits per heavy atom. The van der Waals surface area contributed by atoms with E-state index in [9.17, 15) is 9.18 Å². The Morgan fingerprint density at radius 1 is 1.20 bits per heavy atom. The lowest BCUT2D eigenvalue weighted by molar-refractivity contribution is 0.267. The Hall–Kier alpha value is -2.12. The van der Waals surface area contributed by atoms with Crippen LogP contribution in [0.3, 0.4) is 0 Å². The molecule has 2 aromatic rings. The van der Waals surface area contributed by atoms with E-state index in [1.165, 1.54) is 23.0 Å². The van der Waals surface area contributed by atoms with Gasteiger partial charge in [0.05, 0.1) is 11.2 Å². The molecule has 0 saturated carbocycles. The molecule has 0 spiro atoms. The van der Waals surface area contributed by atoms with Crippen LogP contribution in [0.25, 0.3) is 0 Å². The summed E-state index contributed by atoms with van der Waals surface area (Å²) in [5, 5.41) is 7.33. The highest BCUT2D eigenvalue weighted by molar-refractivity contribution is 6.32. The number of rotatable bonds is 5. The number of aryl methyl sites for hydroxylation is 1. The molecule has 0 atom stereocenters. The first-order chi connectivity index (χ1) is 12.0. The fraction of sp³-hybridized carbons (Fsp3) is 0.412. The molecule has 0 radical (unpaired) electrons. The largest absolute Gasteiger partial charge is 0.378 e. The van der Waals surface area contributed by atoms with Crippen LogP contribution in [0.1, 0.15) is 0 Å². The predicted molar refractivity (Wildman–Crippen MR) is 98.0 cm³/mol. The fourth-order valence-corrected chi connectivity index (χ4v) is 3.09. The topological polar surface area (TPSA) is 53.4 Å². The molecule has 1 aromatic heterocycles. The second-order valence-corrected chi connectivity index (χ2v) is 6.44. The van der Waals surface area contributed by atoms with Crippen molar-refractivity contribution in [2.45, 2.75) is 0 Å². The van der Waals surface area contributed by atoms with E-state index in [1.807, 2.05) is 12.1 Å². The van der Waals surface area contributed by atoms with Crippen LogP contribution >= 0.6 is 11.6 Å². The first kappa shape index (κ1) is 17.7. The van der Waals surface area contributed by atoms with Crippen LogP contribution in [0.5, 0.6) is 0 Å². The Kier molecular flexibility index (Phi) is 5.55. The smallest absolute Gasteiger partial charge is 0.291 e. The van der Waals surface area contributed by atoms with Crippen molar-refractivity contribution < 1.29 is 4.39 Å². The third-order valence-corrected chi connectivity index (χ3v) is 4.67. The molecule has 6 nitrogen and oxygen atoms in total. The highest BCUT2D eigenvalue weighted by Crippen LogP contribution is 2.17. The standard InChI is InChI=1S/C17H21ClFN5O/c1-22-17(25)16(15(18)12-21-22)20-6-7-23-8-10-24(11-9-23)14-4-2-13(19)3-5-14/h2-5,12,20H,6-11H2,1H3. The minimum atomic E-state index is -0.228. The molecule has 1 fully saturated rings. The van der Waals surface area contributed by atoms with E-state index in [2.05, 4.69) is 20.2 Å². The lowest BCUT2D eigenvalue weighted by atomic mass is 10.2. The van der Waals surface area contributed by atoms with E-state index >= 15 is 0 Å². The number of anilines is 2. The van der Waals surface area contributed by atoms with Crippen molar-refractivity contribution in [1.82, 2.24) is 14.7 Å². The van der Waals surface area contributed by atoms with Gasteiger partial charge in [-0.15, -0.1) is 0 Å². The van der Waals surface area contributed by atoms with Crippen LogP contribution < -0.4 is 15.8 Å². The highest BCUT2D eigenvalue weighted by atomic mass is 35.5. The maximum absolute atomic E-state index is 13.0. The summed E-state index contributed by atoms with van der Waals surface area (Å²) in [6, 6.07) is 6.61. The lowest BCUT2D eigenvalue weighted by Crippen LogP contribution is -2.47. The average Bonchev–Trinajstić information content (AvgIpc) is 2.62. The monoisotopic (exact) mass is 365 g/mol. The van der Waals surface area contributed by atoms with Gasteiger partial charge in [0.2, 0.25) is 0 Å². The lowest BCUT2D eigenvalue weighted by Gasteiger charge is -2.36. The Balaban J connectivity index is 1.48. The summed E-state index contributed by atoms with van der Waals surface area (Å²) in [5.41, 5.74) is 1.21. The summed E-state index contributed by atoms with van der Waals surface area (Å²) in [6.45, 7) is 5.07. The van der Waals surface area contributed by atoms with Crippen molar-refractivity contribution in [2.24, 2.45) is 7.05 Å². The summed E-state index contributed by atoms with van der Waals surface area (Å²) in [7, 11) is 1.60. The number of nitrogens with zero attached hydrogens (tertiary/aromatic N) is 4. The van der Waals surface area contributed by atoms with Crippen LogP contribution in [-0.4, -0.2) is 53.9 Å². The molecule has 25 heavy (non-hydrogen) atoms. The van der Waals surface area contributed by atoms with Gasteiger partial charge in [-0.05, 0) is 24.3 Å². The predicted octanol–water partition coefficient (Wildman–Crippen LogP) is 1.81. The average molecular weight is 366 g/mol. The van der Waals surface area contributed by atoms with Crippen LogP contribution in [0, 0.1) is 5.82 Å². The third kappa shape index (κ3) is 4.29. The second-order valence-electron chi connectivity index (χ2n) is 6.03. The molecule has 0 aliphatic carbocycles. The van der Waals surface area contributed by atoms with Gasteiger partial charge in [0.15, 0.2) is 0 Å². The molecule has 0 unspecified atom stereocenters. The number of hydrogen-bond donors (Lipinski definition) is 1. The zero-order valence-corrected chi connectivity index (χ0v) is 14.8. The van der Waals surface area contributed by atoms with Crippen molar-refractivity contribution in [2.75, 3.05) is 49.5 Å². The zero-order valence-electron chi connectivity index (χ0n) is 14.1. The van der Waals surface area contributed by atoms with Gasteiger partial charge in [0, 0.05) is 52.0 Å². The van der Waals surface area contributed by atoms with Crippen LogP contribution in [-0.2, 0) is 7.05 Å². The number of hydrogen-bond acceptors (Lipinski definition) is 5. The van der Waals surface area contributed by atoms with Crippen LogP contribution in [0.2, 0.25) is 5.02 Å². The SMILES string of the molecule is Cn1ncc(Cl)c(NCCN2CCN(c3ccc(F)cc3)CC2)c1=O. The Labute approximate surface area is 150 Å². The van der Waals surface area contributed by atoms with Crippen molar-refractivity contribution in [3.8, 4) is 0 Å². The van der Waals surface area contributed by atoms with Crippen molar-refractivity contribution in [1.29, 1.82) is 0 Å². The zero-order chi connectivity index (χ0) is 17.8. The quantitative estimate of drug-likeness (QED) is 0.875. The molecule has 8 heteroatoms. The van der Waals surface area contributed by atoms with E-state index in [-0.39, 0.29) is 11.4 Å². The minimum Gasteiger partial charge on any atom is -0.378 e.